The molecule has 0 radical (unpaired) electrons. The van der Waals surface area contributed by atoms with E-state index in [1.54, 1.807) is 0 Å². The summed E-state index contributed by atoms with van der Waals surface area (Å²) in [4.78, 5) is 34.8. The molecule has 19 heavy (non-hydrogen) atoms. The molecule has 0 aliphatic heterocycles. The van der Waals surface area contributed by atoms with Gasteiger partial charge in [-0.25, -0.2) is 0 Å². The van der Waals surface area contributed by atoms with Crippen LogP contribution in [0.3, 0.4) is 0 Å². The monoisotopic (exact) mass is 262 g/mol. The highest BCUT2D eigenvalue weighted by atomic mass is 16.4. The molecule has 3 N–H and O–H groups in total. The van der Waals surface area contributed by atoms with E-state index in [1.807, 2.05) is 0 Å². The van der Waals surface area contributed by atoms with E-state index >= 15 is 0 Å². The van der Waals surface area contributed by atoms with Crippen LogP contribution >= 0.6 is 0 Å². The third kappa shape index (κ3) is 3.95. The summed E-state index contributed by atoms with van der Waals surface area (Å²) in [6, 6.07) is 5.70. The third-order valence-electron chi connectivity index (χ3n) is 2.38. The summed E-state index contributed by atoms with van der Waals surface area (Å²) in [7, 11) is 0. The Hall–Kier alpha value is -2.63. The summed E-state index contributed by atoms with van der Waals surface area (Å²) in [5, 5.41) is 8.73. The van der Waals surface area contributed by atoms with Gasteiger partial charge >= 0.3 is 5.97 Å². The van der Waals surface area contributed by atoms with Crippen LogP contribution in [0.2, 0.25) is 0 Å². The van der Waals surface area contributed by atoms with Gasteiger partial charge in [0.05, 0.1) is 0 Å². The maximum atomic E-state index is 12.1. The summed E-state index contributed by atoms with van der Waals surface area (Å²) in [5.41, 5.74) is 5.66. The Morgan fingerprint density at radius 2 is 1.74 bits per heavy atom. The molecule has 0 saturated carbocycles. The molecule has 0 heterocycles. The first-order valence-corrected chi connectivity index (χ1v) is 5.47. The number of carboxylic acid groups (broad SMARTS) is 1. The lowest BCUT2D eigenvalue weighted by Gasteiger charge is -2.18. The number of nitrogens with two attached hydrogens (primary N) is 1. The lowest BCUT2D eigenvalue weighted by atomic mass is 10.1. The molecular weight excluding hydrogens is 248 g/mol. The van der Waals surface area contributed by atoms with Crippen molar-refractivity contribution in [3.05, 3.63) is 48.0 Å². The fourth-order valence-electron chi connectivity index (χ4n) is 1.50. The Kier molecular flexibility index (Phi) is 4.82. The Balaban J connectivity index is 2.92. The van der Waals surface area contributed by atoms with Crippen LogP contribution in [0.25, 0.3) is 0 Å². The quantitative estimate of drug-likeness (QED) is 0.729. The Morgan fingerprint density at radius 1 is 1.21 bits per heavy atom. The zero-order valence-electron chi connectivity index (χ0n) is 10.2. The molecule has 100 valence electrons. The SMILES string of the molecule is C=CCN(CC(=O)O)C(=O)c1ccc(C(N)=O)cc1. The highest BCUT2D eigenvalue weighted by Crippen LogP contribution is 2.07. The van der Waals surface area contributed by atoms with E-state index in [0.29, 0.717) is 0 Å². The number of hydrogen-bond donors (Lipinski definition) is 2. The number of amides is 2. The van der Waals surface area contributed by atoms with E-state index in [-0.39, 0.29) is 17.7 Å². The minimum absolute atomic E-state index is 0.128. The Bertz CT molecular complexity index is 508. The van der Waals surface area contributed by atoms with Crippen molar-refractivity contribution in [1.29, 1.82) is 0 Å². The van der Waals surface area contributed by atoms with Crippen molar-refractivity contribution in [2.24, 2.45) is 5.73 Å². The van der Waals surface area contributed by atoms with E-state index in [9.17, 15) is 14.4 Å². The van der Waals surface area contributed by atoms with Crippen molar-refractivity contribution >= 4 is 17.8 Å². The fourth-order valence-corrected chi connectivity index (χ4v) is 1.50. The molecular formula is C13H14N2O4. The molecule has 1 aromatic rings. The maximum absolute atomic E-state index is 12.1. The van der Waals surface area contributed by atoms with Crippen LogP contribution in [0.15, 0.2) is 36.9 Å². The molecule has 0 aliphatic carbocycles. The van der Waals surface area contributed by atoms with Gasteiger partial charge < -0.3 is 15.7 Å². The van der Waals surface area contributed by atoms with Gasteiger partial charge in [0.2, 0.25) is 5.91 Å². The molecule has 0 atom stereocenters. The van der Waals surface area contributed by atoms with Crippen molar-refractivity contribution < 1.29 is 19.5 Å². The molecule has 0 saturated heterocycles. The van der Waals surface area contributed by atoms with Gasteiger partial charge in [0.15, 0.2) is 0 Å². The van der Waals surface area contributed by atoms with Gasteiger partial charge in [0, 0.05) is 17.7 Å². The first kappa shape index (κ1) is 14.4. The average molecular weight is 262 g/mol. The highest BCUT2D eigenvalue weighted by Gasteiger charge is 2.17. The lowest BCUT2D eigenvalue weighted by molar-refractivity contribution is -0.137. The van der Waals surface area contributed by atoms with Gasteiger partial charge in [-0.1, -0.05) is 6.08 Å². The normalized spacial score (nSPS) is 9.68. The van der Waals surface area contributed by atoms with Gasteiger partial charge in [-0.3, -0.25) is 14.4 Å². The van der Waals surface area contributed by atoms with Crippen molar-refractivity contribution in [2.45, 2.75) is 0 Å². The number of primary amides is 1. The molecule has 1 aromatic carbocycles. The summed E-state index contributed by atoms with van der Waals surface area (Å²) >= 11 is 0. The van der Waals surface area contributed by atoms with Crippen LogP contribution < -0.4 is 5.73 Å². The van der Waals surface area contributed by atoms with Gasteiger partial charge in [-0.05, 0) is 24.3 Å². The van der Waals surface area contributed by atoms with E-state index in [1.165, 1.54) is 30.3 Å². The van der Waals surface area contributed by atoms with Crippen molar-refractivity contribution in [2.75, 3.05) is 13.1 Å². The number of hydrogen-bond acceptors (Lipinski definition) is 3. The number of rotatable bonds is 6. The van der Waals surface area contributed by atoms with Crippen molar-refractivity contribution in [1.82, 2.24) is 4.90 Å². The molecule has 6 nitrogen and oxygen atoms in total. The molecule has 0 aliphatic rings. The van der Waals surface area contributed by atoms with Crippen molar-refractivity contribution in [3.63, 3.8) is 0 Å². The number of aliphatic carboxylic acids is 1. The van der Waals surface area contributed by atoms with Gasteiger partial charge in [0.25, 0.3) is 5.91 Å². The maximum Gasteiger partial charge on any atom is 0.323 e. The van der Waals surface area contributed by atoms with Gasteiger partial charge in [0.1, 0.15) is 6.54 Å². The summed E-state index contributed by atoms with van der Waals surface area (Å²) in [5.74, 6) is -2.14. The second-order valence-corrected chi connectivity index (χ2v) is 3.81. The third-order valence-corrected chi connectivity index (χ3v) is 2.38. The number of carbonyl (C=O) groups excluding carboxylic acids is 2. The predicted molar refractivity (Wildman–Crippen MR) is 68.7 cm³/mol. The zero-order valence-corrected chi connectivity index (χ0v) is 10.2. The Labute approximate surface area is 110 Å². The predicted octanol–water partition coefficient (Wildman–Crippen LogP) is 0.498. The molecule has 1 rings (SSSR count). The van der Waals surface area contributed by atoms with Crippen LogP contribution in [0.5, 0.6) is 0 Å². The standard InChI is InChI=1S/C13H14N2O4/c1-2-7-15(8-11(16)17)13(19)10-5-3-9(4-6-10)12(14)18/h2-6H,1,7-8H2,(H2,14,18)(H,16,17). The number of benzene rings is 1. The molecule has 6 heteroatoms. The largest absolute Gasteiger partial charge is 0.480 e. The minimum atomic E-state index is -1.11. The molecule has 0 aromatic heterocycles. The van der Waals surface area contributed by atoms with Crippen LogP contribution in [0, 0.1) is 0 Å². The first-order valence-electron chi connectivity index (χ1n) is 5.47. The first-order chi connectivity index (χ1) is 8.95. The molecule has 0 bridgehead atoms. The topological polar surface area (TPSA) is 101 Å². The lowest BCUT2D eigenvalue weighted by Crippen LogP contribution is -2.35. The summed E-state index contributed by atoms with van der Waals surface area (Å²) in [6.45, 7) is 3.19. The van der Waals surface area contributed by atoms with Gasteiger partial charge in [-0.2, -0.15) is 0 Å². The fraction of sp³-hybridized carbons (Fsp3) is 0.154. The van der Waals surface area contributed by atoms with Crippen LogP contribution in [0.1, 0.15) is 20.7 Å². The van der Waals surface area contributed by atoms with Crippen LogP contribution in [0.4, 0.5) is 0 Å². The average Bonchev–Trinajstić information content (AvgIpc) is 2.37. The molecule has 2 amide bonds. The smallest absolute Gasteiger partial charge is 0.323 e. The Morgan fingerprint density at radius 3 is 2.16 bits per heavy atom. The van der Waals surface area contributed by atoms with E-state index < -0.39 is 24.3 Å². The summed E-state index contributed by atoms with van der Waals surface area (Å²) < 4.78 is 0. The van der Waals surface area contributed by atoms with Crippen LogP contribution in [-0.4, -0.2) is 40.9 Å². The molecule has 0 unspecified atom stereocenters. The number of nitrogens with zero attached hydrogens (tertiary/aromatic N) is 1. The van der Waals surface area contributed by atoms with E-state index in [0.717, 1.165) is 4.90 Å². The second kappa shape index (κ2) is 6.34. The zero-order chi connectivity index (χ0) is 14.4. The van der Waals surface area contributed by atoms with Gasteiger partial charge in [-0.15, -0.1) is 6.58 Å². The van der Waals surface area contributed by atoms with E-state index in [2.05, 4.69) is 6.58 Å². The number of carbonyl (C=O) groups is 3. The van der Waals surface area contributed by atoms with E-state index in [4.69, 9.17) is 10.8 Å². The highest BCUT2D eigenvalue weighted by molar-refractivity contribution is 5.98. The second-order valence-electron chi connectivity index (χ2n) is 3.81. The molecule has 0 spiro atoms. The summed E-state index contributed by atoms with van der Waals surface area (Å²) in [6.07, 6.45) is 1.44. The van der Waals surface area contributed by atoms with Crippen LogP contribution in [-0.2, 0) is 4.79 Å². The minimum Gasteiger partial charge on any atom is -0.480 e. The molecule has 0 fully saturated rings. The number of carboxylic acids is 1. The van der Waals surface area contributed by atoms with Crippen molar-refractivity contribution in [3.8, 4) is 0 Å².